The van der Waals surface area contributed by atoms with E-state index in [4.69, 9.17) is 4.98 Å². The van der Waals surface area contributed by atoms with E-state index in [-0.39, 0.29) is 5.56 Å². The fourth-order valence-electron chi connectivity index (χ4n) is 3.18. The molecule has 3 heterocycles. The van der Waals surface area contributed by atoms with Gasteiger partial charge in [-0.1, -0.05) is 60.7 Å². The molecule has 0 radical (unpaired) electrons. The monoisotopic (exact) mass is 369 g/mol. The van der Waals surface area contributed by atoms with Crippen LogP contribution in [0, 0.1) is 0 Å². The zero-order valence-electron chi connectivity index (χ0n) is 14.3. The lowest BCUT2D eigenvalue weighted by molar-refractivity contribution is 0.901. The molecule has 5 rings (SSSR count). The molecule has 1 N–H and O–H groups in total. The Labute approximate surface area is 159 Å². The van der Waals surface area contributed by atoms with Crippen LogP contribution in [0.3, 0.4) is 0 Å². The summed E-state index contributed by atoms with van der Waals surface area (Å²) in [6.45, 7) is 0. The molecule has 3 aromatic heterocycles. The first kappa shape index (κ1) is 15.8. The van der Waals surface area contributed by atoms with Crippen molar-refractivity contribution < 1.29 is 0 Å². The molecule has 0 fully saturated rings. The van der Waals surface area contributed by atoms with E-state index in [0.717, 1.165) is 21.6 Å². The minimum atomic E-state index is -0.120. The third-order valence-corrected chi connectivity index (χ3v) is 5.50. The summed E-state index contributed by atoms with van der Waals surface area (Å²) in [5.41, 5.74) is 5.40. The van der Waals surface area contributed by atoms with Gasteiger partial charge in [-0.3, -0.25) is 9.89 Å². The predicted octanol–water partition coefficient (Wildman–Crippen LogP) is 5.09. The van der Waals surface area contributed by atoms with E-state index in [1.54, 1.807) is 17.4 Å². The third kappa shape index (κ3) is 2.78. The molecule has 130 valence electrons. The van der Waals surface area contributed by atoms with Crippen LogP contribution in [0.5, 0.6) is 0 Å². The standard InChI is InChI=1S/C22H15N3OS/c26-21-12-19(16-9-5-2-6-10-16)24-22-18(13-23-25(21)22)20-11-17(14-27-20)15-7-3-1-4-8-15/h1-14,23H. The number of hydrogen-bond donors (Lipinski definition) is 1. The molecule has 0 spiro atoms. The molecule has 0 saturated heterocycles. The van der Waals surface area contributed by atoms with Gasteiger partial charge in [-0.2, -0.15) is 0 Å². The first-order valence-electron chi connectivity index (χ1n) is 8.60. The van der Waals surface area contributed by atoms with Gasteiger partial charge in [0.2, 0.25) is 0 Å². The van der Waals surface area contributed by atoms with E-state index in [1.807, 2.05) is 54.7 Å². The summed E-state index contributed by atoms with van der Waals surface area (Å²) in [6.07, 6.45) is 1.85. The summed E-state index contributed by atoms with van der Waals surface area (Å²) in [5.74, 6) is 0. The minimum absolute atomic E-state index is 0.120. The lowest BCUT2D eigenvalue weighted by Crippen LogP contribution is -2.14. The van der Waals surface area contributed by atoms with Gasteiger partial charge in [0.1, 0.15) is 0 Å². The second kappa shape index (κ2) is 6.37. The van der Waals surface area contributed by atoms with E-state index in [0.29, 0.717) is 11.3 Å². The van der Waals surface area contributed by atoms with Crippen molar-refractivity contribution in [3.8, 4) is 32.8 Å². The van der Waals surface area contributed by atoms with Crippen LogP contribution in [0.25, 0.3) is 38.5 Å². The third-order valence-electron chi connectivity index (χ3n) is 4.54. The molecule has 0 saturated carbocycles. The molecule has 0 amide bonds. The molecular formula is C22H15N3OS. The first-order valence-corrected chi connectivity index (χ1v) is 9.48. The smallest absolute Gasteiger partial charge is 0.273 e. The minimum Gasteiger partial charge on any atom is -0.296 e. The number of nitrogens with zero attached hydrogens (tertiary/aromatic N) is 2. The topological polar surface area (TPSA) is 50.2 Å². The summed E-state index contributed by atoms with van der Waals surface area (Å²) in [6, 6.07) is 23.7. The van der Waals surface area contributed by atoms with Crippen LogP contribution in [0.4, 0.5) is 0 Å². The van der Waals surface area contributed by atoms with Gasteiger partial charge in [0.25, 0.3) is 5.56 Å². The maximum absolute atomic E-state index is 12.5. The molecule has 0 aliphatic carbocycles. The summed E-state index contributed by atoms with van der Waals surface area (Å²) < 4.78 is 1.49. The summed E-state index contributed by atoms with van der Waals surface area (Å²) >= 11 is 1.65. The normalized spacial score (nSPS) is 11.1. The molecular weight excluding hydrogens is 354 g/mol. The summed E-state index contributed by atoms with van der Waals surface area (Å²) in [5, 5.41) is 5.16. The van der Waals surface area contributed by atoms with Crippen LogP contribution in [-0.4, -0.2) is 14.6 Å². The van der Waals surface area contributed by atoms with Gasteiger partial charge in [-0.15, -0.1) is 11.3 Å². The second-order valence-corrected chi connectivity index (χ2v) is 7.17. The molecule has 5 aromatic rings. The van der Waals surface area contributed by atoms with Gasteiger partial charge in [-0.25, -0.2) is 9.50 Å². The Hall–Kier alpha value is -3.44. The lowest BCUT2D eigenvalue weighted by Gasteiger charge is -2.02. The Balaban J connectivity index is 1.65. The van der Waals surface area contributed by atoms with E-state index < -0.39 is 0 Å². The number of aromatic amines is 1. The number of aromatic nitrogens is 3. The molecule has 5 heteroatoms. The van der Waals surface area contributed by atoms with Crippen molar-refractivity contribution in [1.29, 1.82) is 0 Å². The predicted molar refractivity (Wildman–Crippen MR) is 110 cm³/mol. The van der Waals surface area contributed by atoms with Crippen LogP contribution in [0.1, 0.15) is 0 Å². The highest BCUT2D eigenvalue weighted by molar-refractivity contribution is 7.14. The van der Waals surface area contributed by atoms with Crippen molar-refractivity contribution in [3.63, 3.8) is 0 Å². The van der Waals surface area contributed by atoms with Crippen molar-refractivity contribution >= 4 is 17.0 Å². The van der Waals surface area contributed by atoms with Gasteiger partial charge in [0, 0.05) is 22.7 Å². The van der Waals surface area contributed by atoms with Crippen LogP contribution in [-0.2, 0) is 0 Å². The Morgan fingerprint density at radius 1 is 0.852 bits per heavy atom. The van der Waals surface area contributed by atoms with Gasteiger partial charge >= 0.3 is 0 Å². The maximum atomic E-state index is 12.5. The molecule has 2 aromatic carbocycles. The van der Waals surface area contributed by atoms with Crippen LogP contribution >= 0.6 is 11.3 Å². The van der Waals surface area contributed by atoms with Gasteiger partial charge in [-0.05, 0) is 22.6 Å². The Kier molecular flexibility index (Phi) is 3.73. The lowest BCUT2D eigenvalue weighted by atomic mass is 10.1. The van der Waals surface area contributed by atoms with Gasteiger partial charge in [0.05, 0.1) is 11.3 Å². The molecule has 0 aliphatic heterocycles. The van der Waals surface area contributed by atoms with Crippen molar-refractivity contribution in [3.05, 3.63) is 94.7 Å². The molecule has 0 unspecified atom stereocenters. The number of hydrogen-bond acceptors (Lipinski definition) is 3. The van der Waals surface area contributed by atoms with E-state index in [1.165, 1.54) is 10.1 Å². The highest BCUT2D eigenvalue weighted by atomic mass is 32.1. The van der Waals surface area contributed by atoms with Crippen molar-refractivity contribution in [2.24, 2.45) is 0 Å². The zero-order valence-corrected chi connectivity index (χ0v) is 15.1. The molecule has 0 aliphatic rings. The van der Waals surface area contributed by atoms with Crippen LogP contribution < -0.4 is 5.56 Å². The average Bonchev–Trinajstić information content (AvgIpc) is 3.36. The largest absolute Gasteiger partial charge is 0.296 e. The van der Waals surface area contributed by atoms with Crippen molar-refractivity contribution in [2.75, 3.05) is 0 Å². The molecule has 0 bridgehead atoms. The molecule has 4 nitrogen and oxygen atoms in total. The van der Waals surface area contributed by atoms with E-state index >= 15 is 0 Å². The molecule has 0 atom stereocenters. The maximum Gasteiger partial charge on any atom is 0.273 e. The SMILES string of the molecule is O=c1cc(-c2ccccc2)nc2c(-c3cc(-c4ccccc4)cs3)c[nH]n12. The highest BCUT2D eigenvalue weighted by Crippen LogP contribution is 2.34. The number of rotatable bonds is 3. The first-order chi connectivity index (χ1) is 13.3. The quantitative estimate of drug-likeness (QED) is 0.482. The Morgan fingerprint density at radius 2 is 1.56 bits per heavy atom. The Morgan fingerprint density at radius 3 is 2.30 bits per heavy atom. The van der Waals surface area contributed by atoms with Gasteiger partial charge < -0.3 is 0 Å². The highest BCUT2D eigenvalue weighted by Gasteiger charge is 2.14. The number of thiophene rings is 1. The fourth-order valence-corrected chi connectivity index (χ4v) is 4.11. The number of nitrogens with one attached hydrogen (secondary N) is 1. The summed E-state index contributed by atoms with van der Waals surface area (Å²) in [4.78, 5) is 18.4. The fraction of sp³-hybridized carbons (Fsp3) is 0. The van der Waals surface area contributed by atoms with Crippen molar-refractivity contribution in [1.82, 2.24) is 14.6 Å². The zero-order chi connectivity index (χ0) is 18.2. The average molecular weight is 369 g/mol. The van der Waals surface area contributed by atoms with E-state index in [2.05, 4.69) is 28.7 Å². The summed E-state index contributed by atoms with van der Waals surface area (Å²) in [7, 11) is 0. The Bertz CT molecular complexity index is 1280. The number of H-pyrrole nitrogens is 1. The van der Waals surface area contributed by atoms with Crippen molar-refractivity contribution in [2.45, 2.75) is 0 Å². The van der Waals surface area contributed by atoms with Crippen LogP contribution in [0.2, 0.25) is 0 Å². The van der Waals surface area contributed by atoms with E-state index in [9.17, 15) is 4.79 Å². The number of fused-ring (bicyclic) bond motifs is 1. The van der Waals surface area contributed by atoms with Gasteiger partial charge in [0.15, 0.2) is 5.65 Å². The molecule has 27 heavy (non-hydrogen) atoms. The van der Waals surface area contributed by atoms with Crippen LogP contribution in [0.15, 0.2) is 89.2 Å². The second-order valence-electron chi connectivity index (χ2n) is 6.26. The number of benzene rings is 2.